The summed E-state index contributed by atoms with van der Waals surface area (Å²) in [5, 5.41) is 3.46. The Kier molecular flexibility index (Phi) is 5.01. The van der Waals surface area contributed by atoms with Gasteiger partial charge in [0.05, 0.1) is 13.2 Å². The molecule has 0 aliphatic carbocycles. The van der Waals surface area contributed by atoms with Gasteiger partial charge in [0, 0.05) is 35.8 Å². The van der Waals surface area contributed by atoms with Crippen LogP contribution in [0.4, 0.5) is 5.69 Å². The van der Waals surface area contributed by atoms with Crippen LogP contribution in [0.25, 0.3) is 0 Å². The number of carbonyl (C=O) groups excluding carboxylic acids is 2. The van der Waals surface area contributed by atoms with Gasteiger partial charge in [-0.2, -0.15) is 0 Å². The van der Waals surface area contributed by atoms with E-state index >= 15 is 0 Å². The molecule has 0 saturated carbocycles. The number of carbonyl (C=O) groups is 2. The molecule has 2 aliphatic rings. The normalized spacial score (nSPS) is 18.6. The number of morpholine rings is 1. The number of hydrogen-bond acceptors (Lipinski definition) is 4. The summed E-state index contributed by atoms with van der Waals surface area (Å²) in [6.45, 7) is 2.25. The molecule has 7 heteroatoms. The highest BCUT2D eigenvalue weighted by Crippen LogP contribution is 2.31. The second-order valence-corrected chi connectivity index (χ2v) is 6.97. The van der Waals surface area contributed by atoms with Gasteiger partial charge in [-0.3, -0.25) is 9.59 Å². The molecule has 1 fully saturated rings. The zero-order valence-corrected chi connectivity index (χ0v) is 15.4. The third kappa shape index (κ3) is 3.91. The number of ether oxygens (including phenoxy) is 2. The molecule has 2 aliphatic heterocycles. The topological polar surface area (TPSA) is 67.9 Å². The summed E-state index contributed by atoms with van der Waals surface area (Å²) in [6.07, 6.45) is -0.147. The minimum atomic E-state index is -0.614. The Morgan fingerprint density at radius 2 is 1.93 bits per heavy atom. The van der Waals surface area contributed by atoms with Crippen LogP contribution in [0.3, 0.4) is 0 Å². The molecule has 27 heavy (non-hydrogen) atoms. The van der Waals surface area contributed by atoms with E-state index in [0.29, 0.717) is 54.7 Å². The van der Waals surface area contributed by atoms with Gasteiger partial charge < -0.3 is 19.7 Å². The van der Waals surface area contributed by atoms with Crippen LogP contribution < -0.4 is 10.1 Å². The molecule has 0 spiro atoms. The van der Waals surface area contributed by atoms with E-state index in [1.807, 2.05) is 6.07 Å². The lowest BCUT2D eigenvalue weighted by Gasteiger charge is -2.27. The second kappa shape index (κ2) is 7.58. The van der Waals surface area contributed by atoms with Crippen LogP contribution in [-0.2, 0) is 16.0 Å². The molecule has 0 aromatic heterocycles. The fourth-order valence-corrected chi connectivity index (χ4v) is 3.46. The van der Waals surface area contributed by atoms with Crippen molar-refractivity contribution < 1.29 is 19.1 Å². The summed E-state index contributed by atoms with van der Waals surface area (Å²) in [6, 6.07) is 12.3. The Labute approximate surface area is 162 Å². The van der Waals surface area contributed by atoms with Crippen LogP contribution in [0.2, 0.25) is 5.02 Å². The van der Waals surface area contributed by atoms with Crippen LogP contribution in [0.1, 0.15) is 15.9 Å². The average Bonchev–Trinajstić information content (AvgIpc) is 3.11. The lowest BCUT2D eigenvalue weighted by molar-refractivity contribution is -0.122. The van der Waals surface area contributed by atoms with E-state index in [9.17, 15) is 9.59 Å². The van der Waals surface area contributed by atoms with E-state index in [1.54, 1.807) is 41.3 Å². The first-order valence-corrected chi connectivity index (χ1v) is 9.21. The maximum absolute atomic E-state index is 12.6. The summed E-state index contributed by atoms with van der Waals surface area (Å²) in [5.74, 6) is 0.364. The van der Waals surface area contributed by atoms with E-state index in [2.05, 4.69) is 5.32 Å². The Morgan fingerprint density at radius 3 is 2.74 bits per heavy atom. The minimum absolute atomic E-state index is 0.0615. The smallest absolute Gasteiger partial charge is 0.265 e. The lowest BCUT2D eigenvalue weighted by atomic mass is 10.1. The van der Waals surface area contributed by atoms with Gasteiger partial charge >= 0.3 is 0 Å². The van der Waals surface area contributed by atoms with E-state index in [1.165, 1.54) is 0 Å². The van der Waals surface area contributed by atoms with Crippen molar-refractivity contribution in [2.75, 3.05) is 31.6 Å². The third-order valence-electron chi connectivity index (χ3n) is 4.66. The zero-order valence-electron chi connectivity index (χ0n) is 14.6. The van der Waals surface area contributed by atoms with Crippen molar-refractivity contribution in [3.8, 4) is 5.75 Å². The van der Waals surface area contributed by atoms with Crippen molar-refractivity contribution in [2.24, 2.45) is 0 Å². The van der Waals surface area contributed by atoms with Crippen LogP contribution >= 0.6 is 11.6 Å². The number of fused-ring (bicyclic) bond motifs is 1. The highest BCUT2D eigenvalue weighted by Gasteiger charge is 2.29. The van der Waals surface area contributed by atoms with Crippen molar-refractivity contribution in [3.63, 3.8) is 0 Å². The molecule has 2 heterocycles. The summed E-state index contributed by atoms with van der Waals surface area (Å²) in [5.41, 5.74) is 2.02. The van der Waals surface area contributed by atoms with Crippen molar-refractivity contribution in [1.82, 2.24) is 4.90 Å². The summed E-state index contributed by atoms with van der Waals surface area (Å²) >= 11 is 5.99. The Morgan fingerprint density at radius 1 is 1.11 bits per heavy atom. The fourth-order valence-electron chi connectivity index (χ4n) is 3.27. The van der Waals surface area contributed by atoms with E-state index < -0.39 is 6.10 Å². The molecular formula is C20H19ClN2O4. The van der Waals surface area contributed by atoms with Crippen LogP contribution in [0.15, 0.2) is 42.5 Å². The first-order valence-electron chi connectivity index (χ1n) is 8.83. The maximum Gasteiger partial charge on any atom is 0.265 e. The summed E-state index contributed by atoms with van der Waals surface area (Å²) < 4.78 is 11.0. The van der Waals surface area contributed by atoms with Gasteiger partial charge in [0.2, 0.25) is 0 Å². The molecule has 2 aromatic rings. The number of nitrogens with one attached hydrogen (secondary N) is 1. The SMILES string of the molecule is O=C(Nc1cccc(C(=O)N2CCOCC2)c1)C1Cc2cc(Cl)ccc2O1. The molecule has 6 nitrogen and oxygen atoms in total. The fraction of sp³-hybridized carbons (Fsp3) is 0.300. The summed E-state index contributed by atoms with van der Waals surface area (Å²) in [4.78, 5) is 26.9. The molecule has 0 bridgehead atoms. The lowest BCUT2D eigenvalue weighted by Crippen LogP contribution is -2.40. The van der Waals surface area contributed by atoms with Gasteiger partial charge in [-0.1, -0.05) is 17.7 Å². The van der Waals surface area contributed by atoms with Gasteiger partial charge in [-0.15, -0.1) is 0 Å². The molecule has 2 amide bonds. The van der Waals surface area contributed by atoms with Gasteiger partial charge in [-0.25, -0.2) is 0 Å². The Bertz CT molecular complexity index is 880. The number of rotatable bonds is 3. The number of anilines is 1. The van der Waals surface area contributed by atoms with Crippen LogP contribution in [0.5, 0.6) is 5.75 Å². The maximum atomic E-state index is 12.6. The number of hydrogen-bond donors (Lipinski definition) is 1. The Hall–Kier alpha value is -2.57. The van der Waals surface area contributed by atoms with Crippen LogP contribution in [-0.4, -0.2) is 49.1 Å². The highest BCUT2D eigenvalue weighted by molar-refractivity contribution is 6.30. The molecule has 1 saturated heterocycles. The quantitative estimate of drug-likeness (QED) is 0.880. The molecule has 1 N–H and O–H groups in total. The predicted octanol–water partition coefficient (Wildman–Crippen LogP) is 2.75. The van der Waals surface area contributed by atoms with Crippen molar-refractivity contribution >= 4 is 29.1 Å². The van der Waals surface area contributed by atoms with Gasteiger partial charge in [0.25, 0.3) is 11.8 Å². The van der Waals surface area contributed by atoms with E-state index in [0.717, 1.165) is 5.56 Å². The molecule has 2 aromatic carbocycles. The molecule has 4 rings (SSSR count). The van der Waals surface area contributed by atoms with Gasteiger partial charge in [0.1, 0.15) is 5.75 Å². The van der Waals surface area contributed by atoms with Crippen LogP contribution in [0, 0.1) is 0 Å². The molecular weight excluding hydrogens is 368 g/mol. The van der Waals surface area contributed by atoms with Gasteiger partial charge in [-0.05, 0) is 42.0 Å². The largest absolute Gasteiger partial charge is 0.480 e. The van der Waals surface area contributed by atoms with E-state index in [4.69, 9.17) is 21.1 Å². The van der Waals surface area contributed by atoms with Crippen molar-refractivity contribution in [1.29, 1.82) is 0 Å². The first kappa shape index (κ1) is 17.8. The first-order chi connectivity index (χ1) is 13.1. The number of nitrogens with zero attached hydrogens (tertiary/aromatic N) is 1. The minimum Gasteiger partial charge on any atom is -0.480 e. The second-order valence-electron chi connectivity index (χ2n) is 6.54. The average molecular weight is 387 g/mol. The Balaban J connectivity index is 1.42. The number of halogens is 1. The van der Waals surface area contributed by atoms with Crippen molar-refractivity contribution in [3.05, 3.63) is 58.6 Å². The highest BCUT2D eigenvalue weighted by atomic mass is 35.5. The standard InChI is InChI=1S/C20H19ClN2O4/c21-15-4-5-17-14(10-15)12-18(27-17)19(24)22-16-3-1-2-13(11-16)20(25)23-6-8-26-9-7-23/h1-5,10-11,18H,6-9,12H2,(H,22,24). The summed E-state index contributed by atoms with van der Waals surface area (Å²) in [7, 11) is 0. The van der Waals surface area contributed by atoms with Gasteiger partial charge in [0.15, 0.2) is 6.10 Å². The molecule has 0 radical (unpaired) electrons. The molecule has 1 unspecified atom stereocenters. The van der Waals surface area contributed by atoms with Crippen molar-refractivity contribution in [2.45, 2.75) is 12.5 Å². The number of benzene rings is 2. The zero-order chi connectivity index (χ0) is 18.8. The predicted molar refractivity (Wildman–Crippen MR) is 101 cm³/mol. The molecule has 1 atom stereocenters. The van der Waals surface area contributed by atoms with E-state index in [-0.39, 0.29) is 11.8 Å². The monoisotopic (exact) mass is 386 g/mol. The third-order valence-corrected chi connectivity index (χ3v) is 4.90. The number of amides is 2. The molecule has 140 valence electrons.